The summed E-state index contributed by atoms with van der Waals surface area (Å²) in [6.07, 6.45) is 1.64. The third-order valence-electron chi connectivity index (χ3n) is 4.43. The number of aromatic nitrogens is 1. The van der Waals surface area contributed by atoms with Crippen LogP contribution < -0.4 is 14.9 Å². The number of carbonyl (C=O) groups is 1. The van der Waals surface area contributed by atoms with E-state index in [1.807, 2.05) is 41.8 Å². The molecule has 0 amide bonds. The van der Waals surface area contributed by atoms with Crippen LogP contribution in [0.15, 0.2) is 87.8 Å². The number of anilines is 1. The van der Waals surface area contributed by atoms with Gasteiger partial charge in [0.25, 0.3) is 0 Å². The molecule has 1 N–H and O–H groups in total. The van der Waals surface area contributed by atoms with E-state index in [0.29, 0.717) is 26.7 Å². The number of hydrogen-bond acceptors (Lipinski definition) is 7. The highest BCUT2D eigenvalue weighted by Gasteiger charge is 2.15. The van der Waals surface area contributed by atoms with E-state index in [2.05, 4.69) is 31.4 Å². The lowest BCUT2D eigenvalue weighted by atomic mass is 10.2. The quantitative estimate of drug-likeness (QED) is 0.138. The molecule has 1 aromatic heterocycles. The predicted molar refractivity (Wildman–Crippen MR) is 131 cm³/mol. The van der Waals surface area contributed by atoms with Crippen molar-refractivity contribution in [3.8, 4) is 22.8 Å². The molecule has 4 rings (SSSR count). The van der Waals surface area contributed by atoms with Crippen LogP contribution in [0.5, 0.6) is 11.5 Å². The van der Waals surface area contributed by atoms with Crippen molar-refractivity contribution in [3.63, 3.8) is 0 Å². The maximum absolute atomic E-state index is 12.4. The smallest absolute Gasteiger partial charge is 0.343 e. The number of methoxy groups -OCH3 is 1. The summed E-state index contributed by atoms with van der Waals surface area (Å²) in [5, 5.41) is 6.92. The molecule has 0 saturated carbocycles. The summed E-state index contributed by atoms with van der Waals surface area (Å²) < 4.78 is 11.6. The molecule has 0 spiro atoms. The highest BCUT2D eigenvalue weighted by Crippen LogP contribution is 2.33. The lowest BCUT2D eigenvalue weighted by Crippen LogP contribution is -2.09. The fourth-order valence-electron chi connectivity index (χ4n) is 2.85. The molecular weight excluding hydrogens is 490 g/mol. The van der Waals surface area contributed by atoms with Crippen LogP contribution in [-0.2, 0) is 0 Å². The van der Waals surface area contributed by atoms with Crippen LogP contribution in [0.1, 0.15) is 15.9 Å². The summed E-state index contributed by atoms with van der Waals surface area (Å²) in [6.45, 7) is 0. The van der Waals surface area contributed by atoms with Gasteiger partial charge in [-0.1, -0.05) is 48.5 Å². The maximum atomic E-state index is 12.4. The number of rotatable bonds is 7. The number of esters is 1. The number of nitrogens with one attached hydrogen (secondary N) is 1. The van der Waals surface area contributed by atoms with E-state index in [1.165, 1.54) is 18.4 Å². The van der Waals surface area contributed by atoms with Crippen molar-refractivity contribution in [1.82, 2.24) is 4.98 Å². The Labute approximate surface area is 197 Å². The molecule has 32 heavy (non-hydrogen) atoms. The van der Waals surface area contributed by atoms with E-state index in [-0.39, 0.29) is 0 Å². The van der Waals surface area contributed by atoms with Gasteiger partial charge in [0, 0.05) is 21.0 Å². The molecule has 6 nitrogen and oxygen atoms in total. The zero-order valence-corrected chi connectivity index (χ0v) is 19.4. The van der Waals surface area contributed by atoms with Gasteiger partial charge in [0.1, 0.15) is 0 Å². The summed E-state index contributed by atoms with van der Waals surface area (Å²) >= 11 is 4.97. The molecular formula is C24H18BrN3O3S. The molecule has 0 radical (unpaired) electrons. The molecule has 0 bridgehead atoms. The van der Waals surface area contributed by atoms with Gasteiger partial charge >= 0.3 is 5.97 Å². The summed E-state index contributed by atoms with van der Waals surface area (Å²) in [5.41, 5.74) is 6.09. The van der Waals surface area contributed by atoms with Gasteiger partial charge in [-0.3, -0.25) is 5.43 Å². The van der Waals surface area contributed by atoms with Crippen LogP contribution in [0.2, 0.25) is 0 Å². The molecule has 0 saturated heterocycles. The number of carbonyl (C=O) groups excluding carboxylic acids is 1. The van der Waals surface area contributed by atoms with Crippen LogP contribution in [0.3, 0.4) is 0 Å². The Morgan fingerprint density at radius 3 is 2.50 bits per heavy atom. The fourth-order valence-corrected chi connectivity index (χ4v) is 3.94. The van der Waals surface area contributed by atoms with Gasteiger partial charge in [-0.15, -0.1) is 11.3 Å². The topological polar surface area (TPSA) is 72.8 Å². The van der Waals surface area contributed by atoms with Gasteiger partial charge in [-0.05, 0) is 40.2 Å². The Kier molecular flexibility index (Phi) is 6.94. The normalized spacial score (nSPS) is 10.8. The van der Waals surface area contributed by atoms with Crippen LogP contribution in [0.4, 0.5) is 5.13 Å². The van der Waals surface area contributed by atoms with Crippen LogP contribution in [0, 0.1) is 0 Å². The molecule has 160 valence electrons. The van der Waals surface area contributed by atoms with Crippen LogP contribution >= 0.6 is 27.3 Å². The molecule has 1 heterocycles. The largest absolute Gasteiger partial charge is 0.493 e. The van der Waals surface area contributed by atoms with E-state index in [1.54, 1.807) is 42.6 Å². The Hall–Kier alpha value is -3.49. The number of thiazole rings is 1. The molecule has 0 fully saturated rings. The second kappa shape index (κ2) is 10.2. The number of nitrogens with zero attached hydrogens (tertiary/aromatic N) is 2. The van der Waals surface area contributed by atoms with Crippen molar-refractivity contribution in [1.29, 1.82) is 0 Å². The van der Waals surface area contributed by atoms with Crippen molar-refractivity contribution < 1.29 is 14.3 Å². The lowest BCUT2D eigenvalue weighted by Gasteiger charge is -2.11. The second-order valence-corrected chi connectivity index (χ2v) is 8.27. The minimum atomic E-state index is -0.461. The molecule has 4 aromatic rings. The van der Waals surface area contributed by atoms with E-state index in [4.69, 9.17) is 9.47 Å². The molecule has 0 atom stereocenters. The highest BCUT2D eigenvalue weighted by atomic mass is 79.9. The summed E-state index contributed by atoms with van der Waals surface area (Å²) in [6, 6.07) is 22.1. The Morgan fingerprint density at radius 2 is 1.78 bits per heavy atom. The molecule has 0 aliphatic heterocycles. The number of hydrogen-bond donors (Lipinski definition) is 1. The third kappa shape index (κ3) is 5.22. The number of halogens is 1. The van der Waals surface area contributed by atoms with Gasteiger partial charge in [0.15, 0.2) is 11.5 Å². The first-order chi connectivity index (χ1) is 15.6. The second-order valence-electron chi connectivity index (χ2n) is 6.55. The SMILES string of the molecule is COc1cc(C=NNc2nc(-c3ccccc3)cs2)c(Br)cc1OC(=O)c1ccccc1. The molecule has 3 aromatic carbocycles. The number of ether oxygens (including phenoxy) is 2. The first kappa shape index (κ1) is 21.7. The maximum Gasteiger partial charge on any atom is 0.343 e. The minimum Gasteiger partial charge on any atom is -0.493 e. The standard InChI is InChI=1S/C24H18BrN3O3S/c1-30-21-12-18(19(25)13-22(21)31-23(29)17-10-6-3-7-11-17)14-26-28-24-27-20(15-32-24)16-8-4-2-5-9-16/h2-15H,1H3,(H,27,28). The first-order valence-electron chi connectivity index (χ1n) is 9.59. The summed E-state index contributed by atoms with van der Waals surface area (Å²) in [5.74, 6) is 0.266. The summed E-state index contributed by atoms with van der Waals surface area (Å²) in [7, 11) is 1.52. The Bertz CT molecular complexity index is 1240. The fraction of sp³-hybridized carbons (Fsp3) is 0.0417. The van der Waals surface area contributed by atoms with Gasteiger partial charge in [-0.2, -0.15) is 5.10 Å². The van der Waals surface area contributed by atoms with E-state index in [9.17, 15) is 4.79 Å². The average molecular weight is 508 g/mol. The van der Waals surface area contributed by atoms with Gasteiger partial charge < -0.3 is 9.47 Å². The zero-order chi connectivity index (χ0) is 22.3. The van der Waals surface area contributed by atoms with Crippen molar-refractivity contribution in [3.05, 3.63) is 93.8 Å². The van der Waals surface area contributed by atoms with Crippen LogP contribution in [-0.4, -0.2) is 24.3 Å². The van der Waals surface area contributed by atoms with Crippen molar-refractivity contribution in [2.45, 2.75) is 0 Å². The minimum absolute atomic E-state index is 0.311. The van der Waals surface area contributed by atoms with E-state index >= 15 is 0 Å². The van der Waals surface area contributed by atoms with E-state index < -0.39 is 5.97 Å². The van der Waals surface area contributed by atoms with Crippen molar-refractivity contribution in [2.75, 3.05) is 12.5 Å². The lowest BCUT2D eigenvalue weighted by molar-refractivity contribution is 0.0729. The first-order valence-corrected chi connectivity index (χ1v) is 11.3. The molecule has 0 aliphatic rings. The van der Waals surface area contributed by atoms with Crippen molar-refractivity contribution in [2.24, 2.45) is 5.10 Å². The average Bonchev–Trinajstić information content (AvgIpc) is 3.30. The van der Waals surface area contributed by atoms with Gasteiger partial charge in [0.05, 0.1) is 24.6 Å². The predicted octanol–water partition coefficient (Wildman–Crippen LogP) is 6.25. The zero-order valence-electron chi connectivity index (χ0n) is 17.0. The van der Waals surface area contributed by atoms with Crippen LogP contribution in [0.25, 0.3) is 11.3 Å². The van der Waals surface area contributed by atoms with Gasteiger partial charge in [-0.25, -0.2) is 9.78 Å². The highest BCUT2D eigenvalue weighted by molar-refractivity contribution is 9.10. The number of benzene rings is 3. The number of hydrazone groups is 1. The Morgan fingerprint density at radius 1 is 1.06 bits per heavy atom. The van der Waals surface area contributed by atoms with E-state index in [0.717, 1.165) is 16.8 Å². The molecule has 8 heteroatoms. The van der Waals surface area contributed by atoms with Gasteiger partial charge in [0.2, 0.25) is 5.13 Å². The van der Waals surface area contributed by atoms with Crippen molar-refractivity contribution >= 4 is 44.6 Å². The summed E-state index contributed by atoms with van der Waals surface area (Å²) in [4.78, 5) is 16.9. The molecule has 0 aliphatic carbocycles. The Balaban J connectivity index is 1.46. The third-order valence-corrected chi connectivity index (χ3v) is 5.87. The monoisotopic (exact) mass is 507 g/mol. The molecule has 0 unspecified atom stereocenters.